The molecule has 2 aromatic rings. The number of hydrogen-bond acceptors (Lipinski definition) is 5. The second-order valence-electron chi connectivity index (χ2n) is 5.30. The minimum atomic E-state index is 0.0619. The smallest absolute Gasteiger partial charge is 0.228 e. The van der Waals surface area contributed by atoms with Gasteiger partial charge in [0.15, 0.2) is 0 Å². The molecule has 102 valence electrons. The average molecular weight is 260 g/mol. The van der Waals surface area contributed by atoms with Crippen molar-refractivity contribution in [3.05, 3.63) is 29.9 Å². The summed E-state index contributed by atoms with van der Waals surface area (Å²) < 4.78 is 5.26. The molecule has 0 aromatic carbocycles. The van der Waals surface area contributed by atoms with Gasteiger partial charge in [0.2, 0.25) is 11.7 Å². The summed E-state index contributed by atoms with van der Waals surface area (Å²) in [6.07, 6.45) is 5.08. The molecule has 1 atom stereocenters. The first-order chi connectivity index (χ1) is 9.06. The SMILES string of the molecule is Cc1cnccc1-c1noc(CC(N)CC(C)C)n1. The Kier molecular flexibility index (Phi) is 4.27. The zero-order valence-corrected chi connectivity index (χ0v) is 11.6. The average Bonchev–Trinajstić information content (AvgIpc) is 2.76. The molecule has 2 heterocycles. The molecule has 5 nitrogen and oxygen atoms in total. The van der Waals surface area contributed by atoms with Crippen LogP contribution in [0.5, 0.6) is 0 Å². The fraction of sp³-hybridized carbons (Fsp3) is 0.500. The van der Waals surface area contributed by atoms with Gasteiger partial charge in [-0.2, -0.15) is 4.98 Å². The first-order valence-corrected chi connectivity index (χ1v) is 6.55. The topological polar surface area (TPSA) is 77.8 Å². The molecule has 0 aliphatic carbocycles. The van der Waals surface area contributed by atoms with E-state index in [1.807, 2.05) is 13.0 Å². The molecule has 0 amide bonds. The van der Waals surface area contributed by atoms with Crippen LogP contribution in [0.2, 0.25) is 0 Å². The van der Waals surface area contributed by atoms with Gasteiger partial charge < -0.3 is 10.3 Å². The lowest BCUT2D eigenvalue weighted by Crippen LogP contribution is -2.24. The van der Waals surface area contributed by atoms with Crippen molar-refractivity contribution in [3.8, 4) is 11.4 Å². The molecule has 0 bridgehead atoms. The van der Waals surface area contributed by atoms with Gasteiger partial charge in [-0.25, -0.2) is 0 Å². The number of hydrogen-bond donors (Lipinski definition) is 1. The van der Waals surface area contributed by atoms with Crippen LogP contribution in [0.4, 0.5) is 0 Å². The third kappa shape index (κ3) is 3.61. The minimum absolute atomic E-state index is 0.0619. The van der Waals surface area contributed by atoms with E-state index in [1.54, 1.807) is 12.4 Å². The van der Waals surface area contributed by atoms with Crippen LogP contribution < -0.4 is 5.73 Å². The van der Waals surface area contributed by atoms with Crippen LogP contribution in [-0.4, -0.2) is 21.2 Å². The van der Waals surface area contributed by atoms with E-state index in [-0.39, 0.29) is 6.04 Å². The van der Waals surface area contributed by atoms with Gasteiger partial charge in [0.05, 0.1) is 0 Å². The summed E-state index contributed by atoms with van der Waals surface area (Å²) in [4.78, 5) is 8.46. The predicted molar refractivity (Wildman–Crippen MR) is 73.4 cm³/mol. The summed E-state index contributed by atoms with van der Waals surface area (Å²) in [6.45, 7) is 6.28. The number of aromatic nitrogens is 3. The highest BCUT2D eigenvalue weighted by atomic mass is 16.5. The maximum absolute atomic E-state index is 6.05. The van der Waals surface area contributed by atoms with Crippen LogP contribution in [0.15, 0.2) is 23.0 Å². The summed E-state index contributed by atoms with van der Waals surface area (Å²) in [6, 6.07) is 1.95. The molecular weight excluding hydrogens is 240 g/mol. The maximum atomic E-state index is 6.05. The Morgan fingerprint density at radius 3 is 2.84 bits per heavy atom. The molecule has 1 unspecified atom stereocenters. The van der Waals surface area contributed by atoms with Crippen LogP contribution in [-0.2, 0) is 6.42 Å². The molecule has 0 saturated heterocycles. The summed E-state index contributed by atoms with van der Waals surface area (Å²) in [5.41, 5.74) is 8.02. The van der Waals surface area contributed by atoms with Crippen molar-refractivity contribution in [2.75, 3.05) is 0 Å². The zero-order valence-electron chi connectivity index (χ0n) is 11.6. The first kappa shape index (κ1) is 13.7. The Labute approximate surface area is 113 Å². The molecule has 2 aromatic heterocycles. The predicted octanol–water partition coefficient (Wildman–Crippen LogP) is 2.36. The lowest BCUT2D eigenvalue weighted by atomic mass is 10.0. The van der Waals surface area contributed by atoms with Crippen LogP contribution in [0, 0.1) is 12.8 Å². The van der Waals surface area contributed by atoms with Gasteiger partial charge in [-0.1, -0.05) is 19.0 Å². The van der Waals surface area contributed by atoms with Gasteiger partial charge in [-0.15, -0.1) is 0 Å². The summed E-state index contributed by atoms with van der Waals surface area (Å²) >= 11 is 0. The summed E-state index contributed by atoms with van der Waals surface area (Å²) in [7, 11) is 0. The van der Waals surface area contributed by atoms with Gasteiger partial charge in [0.25, 0.3) is 0 Å². The Hall–Kier alpha value is -1.75. The molecule has 19 heavy (non-hydrogen) atoms. The molecule has 0 fully saturated rings. The van der Waals surface area contributed by atoms with E-state index in [0.29, 0.717) is 24.1 Å². The van der Waals surface area contributed by atoms with Crippen LogP contribution in [0.1, 0.15) is 31.7 Å². The van der Waals surface area contributed by atoms with Gasteiger partial charge in [0.1, 0.15) is 0 Å². The standard InChI is InChI=1S/C14H20N4O/c1-9(2)6-11(15)7-13-17-14(18-19-13)12-4-5-16-8-10(12)3/h4-5,8-9,11H,6-7,15H2,1-3H3. The van der Waals surface area contributed by atoms with E-state index in [1.165, 1.54) is 0 Å². The molecule has 2 N–H and O–H groups in total. The van der Waals surface area contributed by atoms with E-state index >= 15 is 0 Å². The lowest BCUT2D eigenvalue weighted by molar-refractivity contribution is 0.359. The summed E-state index contributed by atoms with van der Waals surface area (Å²) in [5, 5.41) is 4.01. The van der Waals surface area contributed by atoms with E-state index in [9.17, 15) is 0 Å². The molecule has 2 rings (SSSR count). The van der Waals surface area contributed by atoms with Gasteiger partial charge in [-0.05, 0) is 30.9 Å². The van der Waals surface area contributed by atoms with E-state index in [2.05, 4.69) is 29.0 Å². The van der Waals surface area contributed by atoms with E-state index < -0.39 is 0 Å². The number of rotatable bonds is 5. The summed E-state index contributed by atoms with van der Waals surface area (Å²) in [5.74, 6) is 1.77. The molecule has 0 saturated carbocycles. The van der Waals surface area contributed by atoms with Gasteiger partial charge in [0, 0.05) is 30.4 Å². The second-order valence-corrected chi connectivity index (χ2v) is 5.30. The number of nitrogens with zero attached hydrogens (tertiary/aromatic N) is 3. The van der Waals surface area contributed by atoms with Crippen molar-refractivity contribution in [2.24, 2.45) is 11.7 Å². The molecule has 0 aliphatic rings. The Morgan fingerprint density at radius 1 is 1.37 bits per heavy atom. The normalized spacial score (nSPS) is 12.9. The first-order valence-electron chi connectivity index (χ1n) is 6.55. The number of pyridine rings is 1. The van der Waals surface area contributed by atoms with Crippen molar-refractivity contribution < 1.29 is 4.52 Å². The van der Waals surface area contributed by atoms with Crippen LogP contribution in [0.25, 0.3) is 11.4 Å². The third-order valence-electron chi connectivity index (χ3n) is 2.94. The maximum Gasteiger partial charge on any atom is 0.228 e. The number of aryl methyl sites for hydroxylation is 1. The van der Waals surface area contributed by atoms with Gasteiger partial charge in [-0.3, -0.25) is 4.98 Å². The highest BCUT2D eigenvalue weighted by Gasteiger charge is 2.14. The van der Waals surface area contributed by atoms with Crippen molar-refractivity contribution in [2.45, 2.75) is 39.7 Å². The Bertz CT molecular complexity index is 536. The quantitative estimate of drug-likeness (QED) is 0.892. The highest BCUT2D eigenvalue weighted by molar-refractivity contribution is 5.57. The van der Waals surface area contributed by atoms with Crippen LogP contribution in [0.3, 0.4) is 0 Å². The van der Waals surface area contributed by atoms with E-state index in [4.69, 9.17) is 10.3 Å². The van der Waals surface area contributed by atoms with Crippen LogP contribution >= 0.6 is 0 Å². The number of nitrogens with two attached hydrogens (primary N) is 1. The van der Waals surface area contributed by atoms with Gasteiger partial charge >= 0.3 is 0 Å². The fourth-order valence-electron chi connectivity index (χ4n) is 2.08. The molecule has 0 spiro atoms. The largest absolute Gasteiger partial charge is 0.339 e. The lowest BCUT2D eigenvalue weighted by Gasteiger charge is -2.10. The fourth-order valence-corrected chi connectivity index (χ4v) is 2.08. The zero-order chi connectivity index (χ0) is 13.8. The molecule has 5 heteroatoms. The highest BCUT2D eigenvalue weighted by Crippen LogP contribution is 2.19. The molecular formula is C14H20N4O. The Morgan fingerprint density at radius 2 is 2.16 bits per heavy atom. The minimum Gasteiger partial charge on any atom is -0.339 e. The monoisotopic (exact) mass is 260 g/mol. The molecule has 0 aliphatic heterocycles. The molecule has 0 radical (unpaired) electrons. The van der Waals surface area contributed by atoms with Crippen molar-refractivity contribution >= 4 is 0 Å². The third-order valence-corrected chi connectivity index (χ3v) is 2.94. The second kappa shape index (κ2) is 5.93. The van der Waals surface area contributed by atoms with E-state index in [0.717, 1.165) is 17.5 Å². The van der Waals surface area contributed by atoms with Crippen molar-refractivity contribution in [1.29, 1.82) is 0 Å². The Balaban J connectivity index is 2.09. The van der Waals surface area contributed by atoms with Crippen molar-refractivity contribution in [1.82, 2.24) is 15.1 Å². The van der Waals surface area contributed by atoms with Crippen molar-refractivity contribution in [3.63, 3.8) is 0 Å².